The van der Waals surface area contributed by atoms with E-state index < -0.39 is 0 Å². The Hall–Kier alpha value is -1.20. The van der Waals surface area contributed by atoms with Crippen molar-refractivity contribution in [2.75, 3.05) is 0 Å². The number of nitrogens with two attached hydrogens (primary N) is 1. The highest BCUT2D eigenvalue weighted by Crippen LogP contribution is 2.13. The molecule has 0 spiro atoms. The molecule has 3 nitrogen and oxygen atoms in total. The Balaban J connectivity index is 2.35. The predicted octanol–water partition coefficient (Wildman–Crippen LogP) is 2.27. The van der Waals surface area contributed by atoms with Gasteiger partial charge < -0.3 is 5.73 Å². The molecule has 0 saturated heterocycles. The molecule has 5 heteroatoms. The summed E-state index contributed by atoms with van der Waals surface area (Å²) in [6, 6.07) is 7.61. The first-order valence-corrected chi connectivity index (χ1v) is 5.47. The maximum atomic E-state index is 5.51. The molecule has 2 aromatic rings. The highest BCUT2D eigenvalue weighted by molar-refractivity contribution is 9.10. The van der Waals surface area contributed by atoms with Gasteiger partial charge in [0.2, 0.25) is 0 Å². The number of rotatable bonds is 2. The van der Waals surface area contributed by atoms with Crippen molar-refractivity contribution in [3.8, 4) is 5.69 Å². The Kier molecular flexibility index (Phi) is 2.83. The van der Waals surface area contributed by atoms with Crippen molar-refractivity contribution in [3.05, 3.63) is 46.7 Å². The van der Waals surface area contributed by atoms with Gasteiger partial charge in [-0.2, -0.15) is 5.10 Å². The topological polar surface area (TPSA) is 43.8 Å². The summed E-state index contributed by atoms with van der Waals surface area (Å²) in [7, 11) is 0. The minimum Gasteiger partial charge on any atom is -0.389 e. The van der Waals surface area contributed by atoms with E-state index in [0.717, 1.165) is 15.7 Å². The van der Waals surface area contributed by atoms with Gasteiger partial charge in [0, 0.05) is 11.8 Å². The van der Waals surface area contributed by atoms with E-state index in [9.17, 15) is 0 Å². The third-order valence-electron chi connectivity index (χ3n) is 1.97. The average molecular weight is 282 g/mol. The molecule has 1 aromatic carbocycles. The Labute approximate surface area is 101 Å². The van der Waals surface area contributed by atoms with Gasteiger partial charge >= 0.3 is 0 Å². The van der Waals surface area contributed by atoms with E-state index in [1.807, 2.05) is 30.5 Å². The van der Waals surface area contributed by atoms with Crippen molar-refractivity contribution in [1.82, 2.24) is 9.78 Å². The quantitative estimate of drug-likeness (QED) is 0.859. The summed E-state index contributed by atoms with van der Waals surface area (Å²) in [4.78, 5) is 0.406. The lowest BCUT2D eigenvalue weighted by atomic mass is 10.2. The standard InChI is InChI=1S/C10H8BrN3S/c11-8-5-13-14(6-8)9-3-1-7(2-4-9)10(12)15/h1-6H,(H2,12,15). The Morgan fingerprint density at radius 3 is 2.47 bits per heavy atom. The van der Waals surface area contributed by atoms with E-state index >= 15 is 0 Å². The molecular formula is C10H8BrN3S. The van der Waals surface area contributed by atoms with E-state index in [1.165, 1.54) is 0 Å². The highest BCUT2D eigenvalue weighted by atomic mass is 79.9. The smallest absolute Gasteiger partial charge is 0.103 e. The van der Waals surface area contributed by atoms with Crippen LogP contribution in [0.5, 0.6) is 0 Å². The van der Waals surface area contributed by atoms with Crippen LogP contribution in [-0.4, -0.2) is 14.8 Å². The lowest BCUT2D eigenvalue weighted by molar-refractivity contribution is 0.880. The van der Waals surface area contributed by atoms with Crippen LogP contribution in [0.1, 0.15) is 5.56 Å². The molecule has 0 unspecified atom stereocenters. The zero-order chi connectivity index (χ0) is 10.8. The summed E-state index contributed by atoms with van der Waals surface area (Å²) >= 11 is 8.22. The van der Waals surface area contributed by atoms with Crippen molar-refractivity contribution in [1.29, 1.82) is 0 Å². The molecule has 0 saturated carbocycles. The number of hydrogen-bond acceptors (Lipinski definition) is 2. The van der Waals surface area contributed by atoms with Crippen LogP contribution in [0.3, 0.4) is 0 Å². The Morgan fingerprint density at radius 1 is 1.33 bits per heavy atom. The number of halogens is 1. The first-order valence-electron chi connectivity index (χ1n) is 4.27. The maximum absolute atomic E-state index is 5.51. The van der Waals surface area contributed by atoms with Crippen LogP contribution in [0.15, 0.2) is 41.1 Å². The first-order chi connectivity index (χ1) is 7.16. The van der Waals surface area contributed by atoms with Gasteiger partial charge in [-0.25, -0.2) is 4.68 Å². The highest BCUT2D eigenvalue weighted by Gasteiger charge is 2.00. The maximum Gasteiger partial charge on any atom is 0.103 e. The molecule has 1 aromatic heterocycles. The fourth-order valence-electron chi connectivity index (χ4n) is 1.22. The molecule has 0 radical (unpaired) electrons. The average Bonchev–Trinajstić information content (AvgIpc) is 2.65. The first kappa shape index (κ1) is 10.3. The normalized spacial score (nSPS) is 10.2. The number of benzene rings is 1. The lowest BCUT2D eigenvalue weighted by Gasteiger charge is -2.02. The molecule has 0 aliphatic carbocycles. The largest absolute Gasteiger partial charge is 0.389 e. The van der Waals surface area contributed by atoms with Gasteiger partial charge in [-0.1, -0.05) is 12.2 Å². The monoisotopic (exact) mass is 281 g/mol. The van der Waals surface area contributed by atoms with E-state index in [-0.39, 0.29) is 0 Å². The van der Waals surface area contributed by atoms with Gasteiger partial charge in [0.05, 0.1) is 16.4 Å². The molecule has 1 heterocycles. The zero-order valence-corrected chi connectivity index (χ0v) is 10.1. The summed E-state index contributed by atoms with van der Waals surface area (Å²) in [6.45, 7) is 0. The van der Waals surface area contributed by atoms with Gasteiger partial charge in [0.1, 0.15) is 4.99 Å². The summed E-state index contributed by atoms with van der Waals surface area (Å²) in [5, 5.41) is 4.17. The second kappa shape index (κ2) is 4.12. The van der Waals surface area contributed by atoms with E-state index in [2.05, 4.69) is 21.0 Å². The zero-order valence-electron chi connectivity index (χ0n) is 7.72. The Morgan fingerprint density at radius 2 is 2.00 bits per heavy atom. The van der Waals surface area contributed by atoms with Crippen molar-refractivity contribution in [2.24, 2.45) is 5.73 Å². The fraction of sp³-hybridized carbons (Fsp3) is 0. The predicted molar refractivity (Wildman–Crippen MR) is 67.2 cm³/mol. The van der Waals surface area contributed by atoms with Gasteiger partial charge in [0.15, 0.2) is 0 Å². The van der Waals surface area contributed by atoms with Crippen LogP contribution >= 0.6 is 28.1 Å². The molecule has 0 atom stereocenters. The lowest BCUT2D eigenvalue weighted by Crippen LogP contribution is -2.09. The Bertz CT molecular complexity index is 490. The second-order valence-electron chi connectivity index (χ2n) is 3.01. The number of thiocarbonyl (C=S) groups is 1. The molecule has 2 N–H and O–H groups in total. The van der Waals surface area contributed by atoms with Gasteiger partial charge in [-0.15, -0.1) is 0 Å². The van der Waals surface area contributed by atoms with E-state index in [0.29, 0.717) is 4.99 Å². The number of nitrogens with zero attached hydrogens (tertiary/aromatic N) is 2. The van der Waals surface area contributed by atoms with Crippen molar-refractivity contribution < 1.29 is 0 Å². The van der Waals surface area contributed by atoms with Gasteiger partial charge in [-0.3, -0.25) is 0 Å². The summed E-state index contributed by atoms with van der Waals surface area (Å²) in [5.74, 6) is 0. The summed E-state index contributed by atoms with van der Waals surface area (Å²) < 4.78 is 2.72. The van der Waals surface area contributed by atoms with Crippen LogP contribution in [0.25, 0.3) is 5.69 Å². The molecule has 76 valence electrons. The van der Waals surface area contributed by atoms with Crippen LogP contribution in [0, 0.1) is 0 Å². The van der Waals surface area contributed by atoms with Crippen molar-refractivity contribution >= 4 is 33.1 Å². The number of aromatic nitrogens is 2. The SMILES string of the molecule is NC(=S)c1ccc(-n2cc(Br)cn2)cc1. The minimum absolute atomic E-state index is 0.406. The molecule has 0 aliphatic rings. The molecule has 0 amide bonds. The molecule has 15 heavy (non-hydrogen) atoms. The molecule has 0 bridgehead atoms. The van der Waals surface area contributed by atoms with Crippen LogP contribution in [-0.2, 0) is 0 Å². The van der Waals surface area contributed by atoms with Crippen LogP contribution in [0.4, 0.5) is 0 Å². The fourth-order valence-corrected chi connectivity index (χ4v) is 1.64. The van der Waals surface area contributed by atoms with Gasteiger partial charge in [-0.05, 0) is 40.2 Å². The molecule has 2 rings (SSSR count). The third kappa shape index (κ3) is 2.24. The molecule has 0 fully saturated rings. The van der Waals surface area contributed by atoms with Crippen molar-refractivity contribution in [2.45, 2.75) is 0 Å². The summed E-state index contributed by atoms with van der Waals surface area (Å²) in [6.07, 6.45) is 3.62. The number of hydrogen-bond donors (Lipinski definition) is 1. The summed E-state index contributed by atoms with van der Waals surface area (Å²) in [5.41, 5.74) is 7.34. The van der Waals surface area contributed by atoms with Crippen molar-refractivity contribution in [3.63, 3.8) is 0 Å². The molecular weight excluding hydrogens is 274 g/mol. The third-order valence-corrected chi connectivity index (χ3v) is 2.61. The molecule has 0 aliphatic heterocycles. The van der Waals surface area contributed by atoms with Crippen LogP contribution < -0.4 is 5.73 Å². The van der Waals surface area contributed by atoms with E-state index in [4.69, 9.17) is 18.0 Å². The minimum atomic E-state index is 0.406. The van der Waals surface area contributed by atoms with Gasteiger partial charge in [0.25, 0.3) is 0 Å². The second-order valence-corrected chi connectivity index (χ2v) is 4.37. The van der Waals surface area contributed by atoms with E-state index in [1.54, 1.807) is 10.9 Å². The van der Waals surface area contributed by atoms with Crippen LogP contribution in [0.2, 0.25) is 0 Å².